The average molecular weight is 340 g/mol. The molecule has 3 rings (SSSR count). The molecule has 0 saturated carbocycles. The van der Waals surface area contributed by atoms with Gasteiger partial charge in [0.25, 0.3) is 0 Å². The van der Waals surface area contributed by atoms with Gasteiger partial charge in [-0.2, -0.15) is 11.3 Å². The van der Waals surface area contributed by atoms with Gasteiger partial charge in [-0.1, -0.05) is 12.1 Å². The quantitative estimate of drug-likeness (QED) is 0.649. The summed E-state index contributed by atoms with van der Waals surface area (Å²) in [7, 11) is 0. The third-order valence-electron chi connectivity index (χ3n) is 3.74. The summed E-state index contributed by atoms with van der Waals surface area (Å²) in [6.07, 6.45) is 4.01. The molecule has 5 nitrogen and oxygen atoms in total. The Morgan fingerprint density at radius 2 is 2.04 bits per heavy atom. The van der Waals surface area contributed by atoms with E-state index < -0.39 is 0 Å². The lowest BCUT2D eigenvalue weighted by Gasteiger charge is -2.07. The third kappa shape index (κ3) is 4.17. The highest BCUT2D eigenvalue weighted by molar-refractivity contribution is 7.08. The molecular weight excluding hydrogens is 324 g/mol. The van der Waals surface area contributed by atoms with Crippen LogP contribution in [0.2, 0.25) is 0 Å². The number of anilines is 1. The number of amides is 3. The molecule has 0 radical (unpaired) electrons. The summed E-state index contributed by atoms with van der Waals surface area (Å²) in [5.74, 6) is -0.927. The Balaban J connectivity index is 1.55. The lowest BCUT2D eigenvalue weighted by atomic mass is 9.98. The molecule has 0 aliphatic carbocycles. The predicted octanol–water partition coefficient (Wildman–Crippen LogP) is 2.61. The first kappa shape index (κ1) is 16.1. The third-order valence-corrected chi connectivity index (χ3v) is 4.44. The molecular formula is C18H16N2O3S. The van der Waals surface area contributed by atoms with Crippen LogP contribution in [-0.2, 0) is 20.8 Å². The maximum absolute atomic E-state index is 11.9. The summed E-state index contributed by atoms with van der Waals surface area (Å²) in [6, 6.07) is 9.23. The van der Waals surface area contributed by atoms with Gasteiger partial charge in [0.2, 0.25) is 17.7 Å². The second-order valence-electron chi connectivity index (χ2n) is 5.59. The summed E-state index contributed by atoms with van der Waals surface area (Å²) in [4.78, 5) is 34.6. The van der Waals surface area contributed by atoms with Crippen molar-refractivity contribution < 1.29 is 14.4 Å². The fourth-order valence-electron chi connectivity index (χ4n) is 2.51. The standard InChI is InChI=1S/C18H16N2O3S/c21-16(6-3-13-7-8-24-11-13)19-15-4-1-12(2-5-15)9-14-10-17(22)20-18(14)23/h1-8,11,14H,9-10H2,(H,19,21)(H,20,22,23)/b6-3-/t14-/m0/s1. The molecule has 1 aliphatic rings. The van der Waals surface area contributed by atoms with E-state index in [0.29, 0.717) is 12.1 Å². The Hall–Kier alpha value is -2.73. The number of benzene rings is 1. The molecule has 1 fully saturated rings. The first-order valence-electron chi connectivity index (χ1n) is 7.54. The van der Waals surface area contributed by atoms with Crippen LogP contribution >= 0.6 is 11.3 Å². The van der Waals surface area contributed by atoms with Gasteiger partial charge in [0, 0.05) is 18.2 Å². The molecule has 6 heteroatoms. The molecule has 0 bridgehead atoms. The Labute approximate surface area is 143 Å². The van der Waals surface area contributed by atoms with Crippen LogP contribution in [0, 0.1) is 5.92 Å². The van der Waals surface area contributed by atoms with E-state index in [1.807, 2.05) is 29.0 Å². The molecule has 1 atom stereocenters. The number of nitrogens with one attached hydrogen (secondary N) is 2. The van der Waals surface area contributed by atoms with Crippen LogP contribution in [-0.4, -0.2) is 17.7 Å². The zero-order valence-corrected chi connectivity index (χ0v) is 13.6. The topological polar surface area (TPSA) is 75.3 Å². The highest BCUT2D eigenvalue weighted by Gasteiger charge is 2.30. The van der Waals surface area contributed by atoms with E-state index in [2.05, 4.69) is 10.6 Å². The lowest BCUT2D eigenvalue weighted by molar-refractivity contribution is -0.125. The van der Waals surface area contributed by atoms with E-state index in [1.165, 1.54) is 6.08 Å². The van der Waals surface area contributed by atoms with Gasteiger partial charge in [-0.05, 0) is 52.6 Å². The zero-order valence-electron chi connectivity index (χ0n) is 12.8. The first-order valence-corrected chi connectivity index (χ1v) is 8.48. The van der Waals surface area contributed by atoms with Crippen LogP contribution in [0.4, 0.5) is 5.69 Å². The lowest BCUT2D eigenvalue weighted by Crippen LogP contribution is -2.22. The molecule has 2 N–H and O–H groups in total. The largest absolute Gasteiger partial charge is 0.323 e. The van der Waals surface area contributed by atoms with Crippen molar-refractivity contribution in [2.24, 2.45) is 5.92 Å². The van der Waals surface area contributed by atoms with Gasteiger partial charge < -0.3 is 5.32 Å². The molecule has 0 unspecified atom stereocenters. The van der Waals surface area contributed by atoms with Crippen molar-refractivity contribution in [2.75, 3.05) is 5.32 Å². The molecule has 1 aliphatic heterocycles. The van der Waals surface area contributed by atoms with E-state index in [-0.39, 0.29) is 30.1 Å². The highest BCUT2D eigenvalue weighted by atomic mass is 32.1. The number of thiophene rings is 1. The van der Waals surface area contributed by atoms with Crippen molar-refractivity contribution in [2.45, 2.75) is 12.8 Å². The summed E-state index contributed by atoms with van der Waals surface area (Å²) in [6.45, 7) is 0. The van der Waals surface area contributed by atoms with Gasteiger partial charge in [0.15, 0.2) is 0 Å². The smallest absolute Gasteiger partial charge is 0.248 e. The number of hydrogen-bond acceptors (Lipinski definition) is 4. The summed E-state index contributed by atoms with van der Waals surface area (Å²) >= 11 is 1.58. The fraction of sp³-hybridized carbons (Fsp3) is 0.167. The van der Waals surface area contributed by atoms with Crippen molar-refractivity contribution in [3.05, 3.63) is 58.3 Å². The summed E-state index contributed by atoms with van der Waals surface area (Å²) < 4.78 is 0. The van der Waals surface area contributed by atoms with E-state index >= 15 is 0 Å². The number of carbonyl (C=O) groups excluding carboxylic acids is 3. The van der Waals surface area contributed by atoms with E-state index in [0.717, 1.165) is 11.1 Å². The summed E-state index contributed by atoms with van der Waals surface area (Å²) in [5.41, 5.74) is 2.64. The molecule has 24 heavy (non-hydrogen) atoms. The van der Waals surface area contributed by atoms with E-state index in [1.54, 1.807) is 29.5 Å². The Kier molecular flexibility index (Phi) is 4.86. The SMILES string of the molecule is O=C(/C=C\c1ccsc1)Nc1ccc(C[C@H]2CC(=O)NC2=O)cc1. The number of imide groups is 1. The van der Waals surface area contributed by atoms with Gasteiger partial charge in [-0.15, -0.1) is 0 Å². The van der Waals surface area contributed by atoms with Crippen molar-refractivity contribution in [1.82, 2.24) is 5.32 Å². The highest BCUT2D eigenvalue weighted by Crippen LogP contribution is 2.19. The van der Waals surface area contributed by atoms with Crippen molar-refractivity contribution in [1.29, 1.82) is 0 Å². The Morgan fingerprint density at radius 3 is 2.67 bits per heavy atom. The number of hydrogen-bond donors (Lipinski definition) is 2. The predicted molar refractivity (Wildman–Crippen MR) is 93.4 cm³/mol. The normalized spacial score (nSPS) is 17.2. The van der Waals surface area contributed by atoms with Gasteiger partial charge in [-0.25, -0.2) is 0 Å². The van der Waals surface area contributed by atoms with Crippen LogP contribution in [0.15, 0.2) is 47.2 Å². The average Bonchev–Trinajstić information content (AvgIpc) is 3.17. The molecule has 122 valence electrons. The second-order valence-corrected chi connectivity index (χ2v) is 6.37. The van der Waals surface area contributed by atoms with Gasteiger partial charge in [-0.3, -0.25) is 19.7 Å². The van der Waals surface area contributed by atoms with E-state index in [9.17, 15) is 14.4 Å². The maximum atomic E-state index is 11.9. The minimum Gasteiger partial charge on any atom is -0.323 e. The van der Waals surface area contributed by atoms with Crippen LogP contribution in [0.1, 0.15) is 17.5 Å². The van der Waals surface area contributed by atoms with Crippen molar-refractivity contribution in [3.8, 4) is 0 Å². The minimum atomic E-state index is -0.300. The maximum Gasteiger partial charge on any atom is 0.248 e. The molecule has 1 aromatic carbocycles. The number of carbonyl (C=O) groups is 3. The molecule has 2 heterocycles. The molecule has 1 saturated heterocycles. The molecule has 3 amide bonds. The van der Waals surface area contributed by atoms with Crippen LogP contribution in [0.3, 0.4) is 0 Å². The second kappa shape index (κ2) is 7.23. The van der Waals surface area contributed by atoms with Crippen LogP contribution < -0.4 is 10.6 Å². The van der Waals surface area contributed by atoms with Crippen LogP contribution in [0.5, 0.6) is 0 Å². The van der Waals surface area contributed by atoms with Gasteiger partial charge >= 0.3 is 0 Å². The Morgan fingerprint density at radius 1 is 1.25 bits per heavy atom. The Bertz CT molecular complexity index is 779. The zero-order chi connectivity index (χ0) is 16.9. The van der Waals surface area contributed by atoms with Crippen LogP contribution in [0.25, 0.3) is 6.08 Å². The molecule has 1 aromatic heterocycles. The first-order chi connectivity index (χ1) is 11.6. The van der Waals surface area contributed by atoms with Crippen molar-refractivity contribution >= 4 is 40.8 Å². The summed E-state index contributed by atoms with van der Waals surface area (Å²) in [5, 5.41) is 9.01. The molecule has 0 spiro atoms. The monoisotopic (exact) mass is 340 g/mol. The van der Waals surface area contributed by atoms with Gasteiger partial charge in [0.1, 0.15) is 0 Å². The number of rotatable bonds is 5. The van der Waals surface area contributed by atoms with E-state index in [4.69, 9.17) is 0 Å². The van der Waals surface area contributed by atoms with Crippen molar-refractivity contribution in [3.63, 3.8) is 0 Å². The minimum absolute atomic E-state index is 0.199. The fourth-order valence-corrected chi connectivity index (χ4v) is 3.13. The molecule has 2 aromatic rings. The van der Waals surface area contributed by atoms with Gasteiger partial charge in [0.05, 0.1) is 5.92 Å².